The Morgan fingerprint density at radius 2 is 2.10 bits per heavy atom. The summed E-state index contributed by atoms with van der Waals surface area (Å²) in [5.74, 6) is -2.31. The van der Waals surface area contributed by atoms with E-state index in [4.69, 9.17) is 5.11 Å². The minimum absolute atomic E-state index is 0.0210. The van der Waals surface area contributed by atoms with Gasteiger partial charge in [-0.05, 0) is 18.2 Å². The molecule has 1 amide bonds. The van der Waals surface area contributed by atoms with Gasteiger partial charge in [0.25, 0.3) is 11.5 Å². The van der Waals surface area contributed by atoms with Gasteiger partial charge in [-0.3, -0.25) is 9.59 Å². The van der Waals surface area contributed by atoms with Crippen molar-refractivity contribution in [1.29, 1.82) is 0 Å². The average molecular weight is 308 g/mol. The van der Waals surface area contributed by atoms with Gasteiger partial charge < -0.3 is 15.4 Å². The van der Waals surface area contributed by atoms with E-state index in [0.29, 0.717) is 0 Å². The predicted octanol–water partition coefficient (Wildman–Crippen LogP) is -0.140. The highest BCUT2D eigenvalue weighted by atomic mass is 32.1. The topological polar surface area (TPSA) is 99.3 Å². The first kappa shape index (κ1) is 14.7. The predicted molar refractivity (Wildman–Crippen MR) is 75.8 cm³/mol. The van der Waals surface area contributed by atoms with E-state index in [2.05, 4.69) is 10.3 Å². The molecule has 1 aromatic heterocycles. The summed E-state index contributed by atoms with van der Waals surface area (Å²) in [7, 11) is 0. The minimum Gasteiger partial charge on any atom is -0.478 e. The van der Waals surface area contributed by atoms with E-state index in [1.165, 1.54) is 18.2 Å². The fraction of sp³-hybridized carbons (Fsp3) is 0. The van der Waals surface area contributed by atoms with Crippen molar-refractivity contribution in [1.82, 2.24) is 4.98 Å². The quantitative estimate of drug-likeness (QED) is 0.735. The van der Waals surface area contributed by atoms with Crippen molar-refractivity contribution in [3.05, 3.63) is 49.6 Å². The Hall–Kier alpha value is -2.74. The number of hydrogen-bond acceptors (Lipinski definition) is 4. The van der Waals surface area contributed by atoms with Crippen molar-refractivity contribution in [2.24, 2.45) is 0 Å². The van der Waals surface area contributed by atoms with Crippen LogP contribution in [0.5, 0.6) is 0 Å². The van der Waals surface area contributed by atoms with Gasteiger partial charge in [0, 0.05) is 17.8 Å². The molecule has 1 aromatic carbocycles. The molecule has 0 spiro atoms. The molecule has 0 aliphatic rings. The summed E-state index contributed by atoms with van der Waals surface area (Å²) in [5, 5.41) is 11.0. The number of anilines is 1. The number of aromatic amines is 1. The smallest absolute Gasteiger partial charge is 0.329 e. The van der Waals surface area contributed by atoms with Crippen LogP contribution < -0.4 is 20.1 Å². The number of carboxylic acids is 1. The lowest BCUT2D eigenvalue weighted by atomic mass is 10.3. The van der Waals surface area contributed by atoms with Crippen LogP contribution >= 0.6 is 11.3 Å². The zero-order chi connectivity index (χ0) is 15.4. The third kappa shape index (κ3) is 4.11. The zero-order valence-electron chi connectivity index (χ0n) is 10.4. The first-order valence-electron chi connectivity index (χ1n) is 5.66. The maximum Gasteiger partial charge on any atom is 0.329 e. The molecule has 0 atom stereocenters. The number of benzene rings is 1. The minimum atomic E-state index is -1.25. The Morgan fingerprint density at radius 1 is 1.33 bits per heavy atom. The molecule has 8 heteroatoms. The average Bonchev–Trinajstić information content (AvgIpc) is 2.68. The van der Waals surface area contributed by atoms with Gasteiger partial charge in [-0.1, -0.05) is 6.07 Å². The summed E-state index contributed by atoms with van der Waals surface area (Å²) >= 11 is 0.835. The Kier molecular flexibility index (Phi) is 4.29. The number of H-pyrrole nitrogens is 1. The van der Waals surface area contributed by atoms with Gasteiger partial charge >= 0.3 is 5.97 Å². The van der Waals surface area contributed by atoms with E-state index in [1.807, 2.05) is 0 Å². The highest BCUT2D eigenvalue weighted by Gasteiger charge is 2.02. The van der Waals surface area contributed by atoms with Crippen LogP contribution in [0.2, 0.25) is 0 Å². The van der Waals surface area contributed by atoms with E-state index < -0.39 is 23.3 Å². The van der Waals surface area contributed by atoms with Crippen molar-refractivity contribution in [2.75, 3.05) is 5.32 Å². The molecule has 0 aliphatic heterocycles. The molecular formula is C13H9FN2O4S. The number of carbonyl (C=O) groups excluding carboxylic acids is 1. The van der Waals surface area contributed by atoms with Gasteiger partial charge in [-0.25, -0.2) is 9.18 Å². The number of nitrogens with one attached hydrogen (secondary N) is 2. The number of aliphatic carboxylic acids is 1. The molecule has 21 heavy (non-hydrogen) atoms. The summed E-state index contributed by atoms with van der Waals surface area (Å²) in [6.45, 7) is 0. The van der Waals surface area contributed by atoms with Crippen LogP contribution in [-0.2, 0) is 9.59 Å². The summed E-state index contributed by atoms with van der Waals surface area (Å²) in [6.07, 6.45) is 1.85. The number of hydrogen-bond donors (Lipinski definition) is 3. The van der Waals surface area contributed by atoms with E-state index in [0.717, 1.165) is 29.6 Å². The molecular weight excluding hydrogens is 299 g/mol. The maximum atomic E-state index is 13.0. The van der Waals surface area contributed by atoms with Crippen LogP contribution in [0.4, 0.5) is 10.1 Å². The molecule has 0 bridgehead atoms. The normalized spacial score (nSPS) is 12.4. The van der Waals surface area contributed by atoms with Crippen molar-refractivity contribution in [2.45, 2.75) is 0 Å². The summed E-state index contributed by atoms with van der Waals surface area (Å²) in [5.41, 5.74) is -0.320. The van der Waals surface area contributed by atoms with Crippen LogP contribution in [-0.4, -0.2) is 22.0 Å². The van der Waals surface area contributed by atoms with Gasteiger partial charge in [0.15, 0.2) is 0 Å². The molecule has 6 nitrogen and oxygen atoms in total. The third-order valence-corrected chi connectivity index (χ3v) is 3.25. The molecule has 1 heterocycles. The summed E-state index contributed by atoms with van der Waals surface area (Å²) < 4.78 is 13.1. The van der Waals surface area contributed by atoms with Gasteiger partial charge in [0.2, 0.25) is 0 Å². The van der Waals surface area contributed by atoms with Gasteiger partial charge in [0.05, 0.1) is 0 Å². The van der Waals surface area contributed by atoms with E-state index in [9.17, 15) is 18.8 Å². The first-order valence-corrected chi connectivity index (χ1v) is 6.48. The monoisotopic (exact) mass is 308 g/mol. The number of amides is 1. The van der Waals surface area contributed by atoms with Crippen LogP contribution in [0, 0.1) is 5.82 Å². The molecule has 0 unspecified atom stereocenters. The number of rotatable bonds is 3. The fourth-order valence-corrected chi connectivity index (χ4v) is 2.35. The molecule has 0 aliphatic carbocycles. The Bertz CT molecular complexity index is 869. The van der Waals surface area contributed by atoms with Crippen LogP contribution in [0.3, 0.4) is 0 Å². The number of halogens is 1. The van der Waals surface area contributed by atoms with Gasteiger partial charge in [0.1, 0.15) is 15.0 Å². The Labute approximate surface area is 120 Å². The second-order valence-electron chi connectivity index (χ2n) is 3.91. The molecule has 2 aromatic rings. The summed E-state index contributed by atoms with van der Waals surface area (Å²) in [4.78, 5) is 36.0. The van der Waals surface area contributed by atoms with Crippen molar-refractivity contribution >= 4 is 41.1 Å². The standard InChI is InChI=1S/C13H9FN2O4S/c14-7-2-1-3-8(4-7)15-10(17)6-11-16-13(20)9(21-11)5-12(18)19/h1-6H,(H,15,17)(H,16,20)(H,18,19). The van der Waals surface area contributed by atoms with E-state index in [1.54, 1.807) is 0 Å². The SMILES string of the molecule is O=C(O)C=c1sc(=CC(=O)Nc2cccc(F)c2)[nH]c1=O. The van der Waals surface area contributed by atoms with E-state index >= 15 is 0 Å². The van der Waals surface area contributed by atoms with E-state index in [-0.39, 0.29) is 14.9 Å². The van der Waals surface area contributed by atoms with Crippen molar-refractivity contribution in [3.63, 3.8) is 0 Å². The van der Waals surface area contributed by atoms with Crippen LogP contribution in [0.25, 0.3) is 12.2 Å². The lowest BCUT2D eigenvalue weighted by Crippen LogP contribution is -2.21. The van der Waals surface area contributed by atoms with Crippen molar-refractivity contribution in [3.8, 4) is 0 Å². The highest BCUT2D eigenvalue weighted by molar-refractivity contribution is 7.07. The first-order chi connectivity index (χ1) is 9.94. The zero-order valence-corrected chi connectivity index (χ0v) is 11.2. The molecule has 0 saturated heterocycles. The molecule has 0 radical (unpaired) electrons. The Balaban J connectivity index is 2.26. The molecule has 108 valence electrons. The number of carboxylic acid groups (broad SMARTS) is 1. The third-order valence-electron chi connectivity index (χ3n) is 2.29. The molecule has 3 N–H and O–H groups in total. The van der Waals surface area contributed by atoms with Gasteiger partial charge in [-0.2, -0.15) is 0 Å². The van der Waals surface area contributed by atoms with Gasteiger partial charge in [-0.15, -0.1) is 11.3 Å². The summed E-state index contributed by atoms with van der Waals surface area (Å²) in [6, 6.07) is 5.34. The fourth-order valence-electron chi connectivity index (χ4n) is 1.50. The van der Waals surface area contributed by atoms with Crippen molar-refractivity contribution < 1.29 is 19.1 Å². The highest BCUT2D eigenvalue weighted by Crippen LogP contribution is 2.08. The van der Waals surface area contributed by atoms with Crippen LogP contribution in [0.1, 0.15) is 0 Å². The second kappa shape index (κ2) is 6.14. The lowest BCUT2D eigenvalue weighted by molar-refractivity contribution is -0.129. The second-order valence-corrected chi connectivity index (χ2v) is 4.99. The Morgan fingerprint density at radius 3 is 2.76 bits per heavy atom. The van der Waals surface area contributed by atoms with Crippen LogP contribution in [0.15, 0.2) is 29.1 Å². The maximum absolute atomic E-state index is 13.0. The largest absolute Gasteiger partial charge is 0.478 e. The molecule has 0 saturated carbocycles. The number of carbonyl (C=O) groups is 2. The molecule has 0 fully saturated rings. The molecule has 2 rings (SSSR count). The number of thiazole rings is 1. The number of aromatic nitrogens is 1. The lowest BCUT2D eigenvalue weighted by Gasteiger charge is -2.00.